The minimum absolute atomic E-state index is 0.0839. The fourth-order valence-electron chi connectivity index (χ4n) is 1.67. The van der Waals surface area contributed by atoms with Gasteiger partial charge in [-0.1, -0.05) is 11.6 Å². The van der Waals surface area contributed by atoms with Crippen LogP contribution < -0.4 is 5.73 Å². The summed E-state index contributed by atoms with van der Waals surface area (Å²) in [7, 11) is 1.54. The van der Waals surface area contributed by atoms with Gasteiger partial charge in [0, 0.05) is 17.5 Å². The van der Waals surface area contributed by atoms with Crippen molar-refractivity contribution >= 4 is 34.5 Å². The van der Waals surface area contributed by atoms with Gasteiger partial charge in [-0.15, -0.1) is 11.3 Å². The fourth-order valence-corrected chi connectivity index (χ4v) is 2.81. The van der Waals surface area contributed by atoms with Crippen molar-refractivity contribution in [2.24, 2.45) is 0 Å². The number of nitrogens with zero attached hydrogens (tertiary/aromatic N) is 1. The van der Waals surface area contributed by atoms with Crippen molar-refractivity contribution < 1.29 is 13.6 Å². The number of thiophene rings is 1. The van der Waals surface area contributed by atoms with Crippen LogP contribution in [0.15, 0.2) is 24.3 Å². The Kier molecular flexibility index (Phi) is 4.25. The molecule has 0 atom stereocenters. The summed E-state index contributed by atoms with van der Waals surface area (Å²) in [5, 5.41) is 0. The molecular formula is C13H11ClF2N2OS. The second kappa shape index (κ2) is 5.76. The number of benzene rings is 1. The van der Waals surface area contributed by atoms with Crippen LogP contribution in [0.4, 0.5) is 14.5 Å². The highest BCUT2D eigenvalue weighted by Crippen LogP contribution is 2.23. The Bertz CT molecular complexity index is 637. The molecule has 0 aliphatic heterocycles. The van der Waals surface area contributed by atoms with Crippen LogP contribution in [-0.2, 0) is 6.54 Å². The Morgan fingerprint density at radius 2 is 1.95 bits per heavy atom. The number of carbonyl (C=O) groups is 1. The van der Waals surface area contributed by atoms with Crippen molar-refractivity contribution in [2.75, 3.05) is 12.8 Å². The standard InChI is InChI=1S/C13H11ClF2N2OS/c1-18(6-8-2-3-11(14)20-8)13(19)7-4-9(15)12(17)10(16)5-7/h2-5H,6,17H2,1H3. The van der Waals surface area contributed by atoms with Gasteiger partial charge < -0.3 is 10.6 Å². The molecule has 106 valence electrons. The van der Waals surface area contributed by atoms with E-state index < -0.39 is 23.2 Å². The maximum Gasteiger partial charge on any atom is 0.254 e. The highest BCUT2D eigenvalue weighted by molar-refractivity contribution is 7.16. The second-order valence-electron chi connectivity index (χ2n) is 4.22. The maximum atomic E-state index is 13.3. The van der Waals surface area contributed by atoms with Crippen LogP contribution in [-0.4, -0.2) is 17.9 Å². The lowest BCUT2D eigenvalue weighted by molar-refractivity contribution is 0.0785. The molecule has 1 aromatic carbocycles. The molecule has 2 aromatic rings. The first-order valence-electron chi connectivity index (χ1n) is 5.62. The molecule has 2 rings (SSSR count). The molecule has 0 fully saturated rings. The predicted octanol–water partition coefficient (Wildman–Crippen LogP) is 3.53. The smallest absolute Gasteiger partial charge is 0.254 e. The number of carbonyl (C=O) groups excluding carboxylic acids is 1. The van der Waals surface area contributed by atoms with Crippen molar-refractivity contribution in [3.63, 3.8) is 0 Å². The molecule has 0 saturated heterocycles. The molecule has 1 aromatic heterocycles. The van der Waals surface area contributed by atoms with Gasteiger partial charge in [-0.2, -0.15) is 0 Å². The minimum atomic E-state index is -0.944. The number of anilines is 1. The van der Waals surface area contributed by atoms with Crippen LogP contribution in [0.25, 0.3) is 0 Å². The van der Waals surface area contributed by atoms with Crippen molar-refractivity contribution in [1.82, 2.24) is 4.90 Å². The summed E-state index contributed by atoms with van der Waals surface area (Å²) in [6.07, 6.45) is 0. The zero-order valence-corrected chi connectivity index (χ0v) is 12.1. The summed E-state index contributed by atoms with van der Waals surface area (Å²) in [6, 6.07) is 5.38. The lowest BCUT2D eigenvalue weighted by atomic mass is 10.1. The third-order valence-electron chi connectivity index (χ3n) is 2.69. The van der Waals surface area contributed by atoms with Crippen molar-refractivity contribution in [3.8, 4) is 0 Å². The lowest BCUT2D eigenvalue weighted by Crippen LogP contribution is -2.26. The van der Waals surface area contributed by atoms with Gasteiger partial charge >= 0.3 is 0 Å². The topological polar surface area (TPSA) is 46.3 Å². The molecule has 0 saturated carbocycles. The average Bonchev–Trinajstić information content (AvgIpc) is 2.79. The average molecular weight is 317 g/mol. The number of nitrogen functional groups attached to an aromatic ring is 1. The molecule has 0 bridgehead atoms. The molecule has 3 nitrogen and oxygen atoms in total. The largest absolute Gasteiger partial charge is 0.394 e. The first-order valence-corrected chi connectivity index (χ1v) is 6.82. The normalized spacial score (nSPS) is 10.6. The first-order chi connectivity index (χ1) is 9.38. The molecule has 0 unspecified atom stereocenters. The van der Waals surface area contributed by atoms with E-state index in [0.717, 1.165) is 17.0 Å². The molecule has 1 heterocycles. The monoisotopic (exact) mass is 316 g/mol. The van der Waals surface area contributed by atoms with Gasteiger partial charge in [-0.05, 0) is 24.3 Å². The van der Waals surface area contributed by atoms with Gasteiger partial charge in [0.15, 0.2) is 0 Å². The SMILES string of the molecule is CN(Cc1ccc(Cl)s1)C(=O)c1cc(F)c(N)c(F)c1. The highest BCUT2D eigenvalue weighted by atomic mass is 35.5. The summed E-state index contributed by atoms with van der Waals surface area (Å²) in [6.45, 7) is 0.309. The highest BCUT2D eigenvalue weighted by Gasteiger charge is 2.17. The van der Waals surface area contributed by atoms with E-state index in [4.69, 9.17) is 17.3 Å². The van der Waals surface area contributed by atoms with E-state index in [9.17, 15) is 13.6 Å². The number of amides is 1. The molecule has 0 radical (unpaired) electrons. The second-order valence-corrected chi connectivity index (χ2v) is 6.02. The van der Waals surface area contributed by atoms with Crippen molar-refractivity contribution in [3.05, 3.63) is 50.7 Å². The minimum Gasteiger partial charge on any atom is -0.394 e. The first kappa shape index (κ1) is 14.7. The number of nitrogens with two attached hydrogens (primary N) is 1. The maximum absolute atomic E-state index is 13.3. The van der Waals surface area contributed by atoms with E-state index in [1.165, 1.54) is 16.2 Å². The summed E-state index contributed by atoms with van der Waals surface area (Å²) >= 11 is 7.14. The Hall–Kier alpha value is -1.66. The van der Waals surface area contributed by atoms with E-state index >= 15 is 0 Å². The Morgan fingerprint density at radius 3 is 2.45 bits per heavy atom. The quantitative estimate of drug-likeness (QED) is 0.880. The van der Waals surface area contributed by atoms with Crippen LogP contribution in [0.2, 0.25) is 4.34 Å². The molecule has 0 aliphatic rings. The zero-order valence-electron chi connectivity index (χ0n) is 10.5. The van der Waals surface area contributed by atoms with Gasteiger partial charge in [0.05, 0.1) is 10.9 Å². The van der Waals surface area contributed by atoms with Crippen LogP contribution in [0.1, 0.15) is 15.2 Å². The van der Waals surface area contributed by atoms with Gasteiger partial charge in [0.25, 0.3) is 5.91 Å². The Morgan fingerprint density at radius 1 is 1.35 bits per heavy atom. The number of hydrogen-bond acceptors (Lipinski definition) is 3. The van der Waals surface area contributed by atoms with Crippen LogP contribution >= 0.6 is 22.9 Å². The third kappa shape index (κ3) is 3.08. The van der Waals surface area contributed by atoms with Gasteiger partial charge in [0.2, 0.25) is 0 Å². The third-order valence-corrected chi connectivity index (χ3v) is 3.91. The molecule has 1 amide bonds. The van der Waals surface area contributed by atoms with E-state index in [0.29, 0.717) is 10.9 Å². The fraction of sp³-hybridized carbons (Fsp3) is 0.154. The number of halogens is 3. The molecule has 0 spiro atoms. The molecule has 2 N–H and O–H groups in total. The van der Waals surface area contributed by atoms with Crippen LogP contribution in [0, 0.1) is 11.6 Å². The summed E-state index contributed by atoms with van der Waals surface area (Å²) in [5.74, 6) is -2.38. The molecule has 7 heteroatoms. The predicted molar refractivity (Wildman–Crippen MR) is 75.9 cm³/mol. The lowest BCUT2D eigenvalue weighted by Gasteiger charge is -2.16. The summed E-state index contributed by atoms with van der Waals surface area (Å²) < 4.78 is 27.3. The van der Waals surface area contributed by atoms with Crippen LogP contribution in [0.5, 0.6) is 0 Å². The van der Waals surface area contributed by atoms with E-state index in [2.05, 4.69) is 0 Å². The molecular weight excluding hydrogens is 306 g/mol. The van der Waals surface area contributed by atoms with Gasteiger partial charge in [-0.25, -0.2) is 8.78 Å². The summed E-state index contributed by atoms with van der Waals surface area (Å²) in [4.78, 5) is 14.3. The van der Waals surface area contributed by atoms with Gasteiger partial charge in [0.1, 0.15) is 17.3 Å². The molecule has 0 aliphatic carbocycles. The Labute approximate surface area is 123 Å². The van der Waals surface area contributed by atoms with E-state index in [1.54, 1.807) is 19.2 Å². The van der Waals surface area contributed by atoms with E-state index in [-0.39, 0.29) is 5.56 Å². The summed E-state index contributed by atoms with van der Waals surface area (Å²) in [5.41, 5.74) is 4.49. The molecule has 20 heavy (non-hydrogen) atoms. The number of hydrogen-bond donors (Lipinski definition) is 1. The van der Waals surface area contributed by atoms with Gasteiger partial charge in [-0.3, -0.25) is 4.79 Å². The zero-order chi connectivity index (χ0) is 14.9. The Balaban J connectivity index is 2.18. The van der Waals surface area contributed by atoms with Crippen LogP contribution in [0.3, 0.4) is 0 Å². The van der Waals surface area contributed by atoms with Crippen molar-refractivity contribution in [1.29, 1.82) is 0 Å². The van der Waals surface area contributed by atoms with Crippen molar-refractivity contribution in [2.45, 2.75) is 6.54 Å². The van der Waals surface area contributed by atoms with E-state index in [1.807, 2.05) is 0 Å². The number of rotatable bonds is 3.